The van der Waals surface area contributed by atoms with Gasteiger partial charge in [-0.25, -0.2) is 14.3 Å². The van der Waals surface area contributed by atoms with Crippen molar-refractivity contribution < 1.29 is 9.53 Å². The van der Waals surface area contributed by atoms with E-state index < -0.39 is 0 Å². The first-order valence-corrected chi connectivity index (χ1v) is 11.0. The fourth-order valence-electron chi connectivity index (χ4n) is 3.65. The summed E-state index contributed by atoms with van der Waals surface area (Å²) in [6.45, 7) is 2.74. The van der Waals surface area contributed by atoms with Crippen LogP contribution in [0.25, 0.3) is 16.6 Å². The van der Waals surface area contributed by atoms with Gasteiger partial charge in [0.1, 0.15) is 16.0 Å². The number of piperazine rings is 1. The Balaban J connectivity index is 1.22. The molecule has 0 radical (unpaired) electrons. The summed E-state index contributed by atoms with van der Waals surface area (Å²) in [6.07, 6.45) is 8.94. The molecule has 1 fully saturated rings. The summed E-state index contributed by atoms with van der Waals surface area (Å²) in [4.78, 5) is 20.4. The molecular weight excluding hydrogens is 438 g/mol. The van der Waals surface area contributed by atoms with Gasteiger partial charge in [-0.1, -0.05) is 17.7 Å². The Bertz CT molecular complexity index is 1230. The third-order valence-corrected chi connectivity index (χ3v) is 6.35. The van der Waals surface area contributed by atoms with Crippen molar-refractivity contribution in [1.82, 2.24) is 29.3 Å². The maximum absolute atomic E-state index is 12.4. The Morgan fingerprint density at radius 1 is 1.10 bits per heavy atom. The minimum absolute atomic E-state index is 0.143. The Morgan fingerprint density at radius 2 is 1.94 bits per heavy atom. The molecule has 160 valence electrons. The number of carbonyl (C=O) groups is 1. The molecule has 0 unspecified atom stereocenters. The second-order valence-electron chi connectivity index (χ2n) is 7.27. The lowest BCUT2D eigenvalue weighted by Crippen LogP contribution is -2.48. The van der Waals surface area contributed by atoms with Crippen LogP contribution in [0.4, 0.5) is 10.5 Å². The lowest BCUT2D eigenvalue weighted by Gasteiger charge is -2.34. The van der Waals surface area contributed by atoms with E-state index in [9.17, 15) is 4.79 Å². The van der Waals surface area contributed by atoms with Gasteiger partial charge in [-0.3, -0.25) is 4.68 Å². The number of aromatic nitrogens is 5. The lowest BCUT2D eigenvalue weighted by atomic mass is 10.1. The van der Waals surface area contributed by atoms with Gasteiger partial charge in [0, 0.05) is 56.7 Å². The largest absolute Gasteiger partial charge is 0.442 e. The van der Waals surface area contributed by atoms with Crippen molar-refractivity contribution in [2.24, 2.45) is 7.05 Å². The first-order valence-electron chi connectivity index (χ1n) is 9.80. The molecule has 0 atom stereocenters. The molecule has 5 rings (SSSR count). The number of fused-ring (bicyclic) bond motifs is 1. The van der Waals surface area contributed by atoms with E-state index >= 15 is 0 Å². The summed E-state index contributed by atoms with van der Waals surface area (Å²) < 4.78 is 9.62. The summed E-state index contributed by atoms with van der Waals surface area (Å²) >= 11 is 7.17. The van der Waals surface area contributed by atoms with Gasteiger partial charge in [0.15, 0.2) is 0 Å². The fourth-order valence-corrected chi connectivity index (χ4v) is 4.52. The van der Waals surface area contributed by atoms with Crippen molar-refractivity contribution in [3.8, 4) is 11.1 Å². The monoisotopic (exact) mass is 457 g/mol. The molecule has 4 aromatic rings. The van der Waals surface area contributed by atoms with Crippen LogP contribution in [0.5, 0.6) is 0 Å². The van der Waals surface area contributed by atoms with Crippen molar-refractivity contribution in [3.05, 3.63) is 52.5 Å². The Morgan fingerprint density at radius 3 is 2.65 bits per heavy atom. The molecule has 0 saturated carbocycles. The number of ether oxygens (including phenoxy) is 1. The molecular formula is C20H20ClN7O2S. The molecule has 1 aliphatic heterocycles. The van der Waals surface area contributed by atoms with Crippen molar-refractivity contribution >= 4 is 40.2 Å². The molecule has 1 amide bonds. The third-order valence-electron chi connectivity index (χ3n) is 5.26. The van der Waals surface area contributed by atoms with E-state index in [0.717, 1.165) is 22.3 Å². The highest BCUT2D eigenvalue weighted by molar-refractivity contribution is 7.15. The zero-order valence-corrected chi connectivity index (χ0v) is 18.4. The summed E-state index contributed by atoms with van der Waals surface area (Å²) in [5, 5.41) is 9.45. The van der Waals surface area contributed by atoms with Gasteiger partial charge in [0.25, 0.3) is 0 Å². The summed E-state index contributed by atoms with van der Waals surface area (Å²) in [5.74, 6) is 0. The minimum atomic E-state index is -0.327. The van der Waals surface area contributed by atoms with Crippen molar-refractivity contribution in [1.29, 1.82) is 0 Å². The predicted molar refractivity (Wildman–Crippen MR) is 118 cm³/mol. The number of pyridine rings is 1. The van der Waals surface area contributed by atoms with E-state index in [1.165, 1.54) is 11.3 Å². The second-order valence-corrected chi connectivity index (χ2v) is 9.01. The van der Waals surface area contributed by atoms with Crippen LogP contribution in [0.2, 0.25) is 4.34 Å². The highest BCUT2D eigenvalue weighted by Gasteiger charge is 2.24. The number of aryl methyl sites for hydroxylation is 1. The van der Waals surface area contributed by atoms with Gasteiger partial charge in [-0.15, -0.1) is 11.3 Å². The van der Waals surface area contributed by atoms with Crippen molar-refractivity contribution in [2.45, 2.75) is 6.61 Å². The van der Waals surface area contributed by atoms with Crippen LogP contribution in [0.15, 0.2) is 43.1 Å². The fraction of sp³-hybridized carbons (Fsp3) is 0.300. The number of thiazole rings is 1. The molecule has 11 heteroatoms. The van der Waals surface area contributed by atoms with Crippen LogP contribution in [-0.4, -0.2) is 61.6 Å². The van der Waals surface area contributed by atoms with Crippen LogP contribution in [0.1, 0.15) is 5.01 Å². The van der Waals surface area contributed by atoms with Crippen LogP contribution < -0.4 is 4.90 Å². The number of hydrogen-bond acceptors (Lipinski definition) is 7. The zero-order valence-electron chi connectivity index (χ0n) is 16.8. The van der Waals surface area contributed by atoms with E-state index in [2.05, 4.69) is 32.2 Å². The number of carbonyl (C=O) groups excluding carboxylic acids is 1. The molecule has 1 aliphatic rings. The zero-order chi connectivity index (χ0) is 21.4. The predicted octanol–water partition coefficient (Wildman–Crippen LogP) is 3.30. The average Bonchev–Trinajstić information content (AvgIpc) is 3.51. The lowest BCUT2D eigenvalue weighted by molar-refractivity contribution is 0.0941. The number of anilines is 1. The van der Waals surface area contributed by atoms with E-state index in [1.807, 2.05) is 36.4 Å². The van der Waals surface area contributed by atoms with E-state index in [0.29, 0.717) is 35.5 Å². The quantitative estimate of drug-likeness (QED) is 0.467. The SMILES string of the molecule is Cn1cc(-c2ccc3c(N4CCN(C(=O)OCc5ncc(Cl)s5)CC4)cnn3c2)cn1. The van der Waals surface area contributed by atoms with Gasteiger partial charge in [-0.05, 0) is 6.07 Å². The maximum atomic E-state index is 12.4. The standard InChI is InChI=1S/C20H20ClN7O2S/c1-25-11-15(8-23-25)14-2-3-16-17(9-24-28(16)12-14)26-4-6-27(7-5-26)20(29)30-13-19-22-10-18(21)31-19/h2-3,8-12H,4-7,13H2,1H3. The number of halogens is 1. The molecule has 0 aliphatic carbocycles. The maximum Gasteiger partial charge on any atom is 0.410 e. The summed E-state index contributed by atoms with van der Waals surface area (Å²) in [5.41, 5.74) is 4.20. The van der Waals surface area contributed by atoms with Crippen molar-refractivity contribution in [3.63, 3.8) is 0 Å². The molecule has 1 saturated heterocycles. The Hall–Kier alpha value is -3.11. The normalized spacial score (nSPS) is 14.4. The van der Waals surface area contributed by atoms with E-state index in [4.69, 9.17) is 16.3 Å². The Kier molecular flexibility index (Phi) is 5.24. The topological polar surface area (TPSA) is 80.8 Å². The van der Waals surface area contributed by atoms with Gasteiger partial charge in [0.2, 0.25) is 0 Å². The average molecular weight is 458 g/mol. The van der Waals surface area contributed by atoms with Crippen molar-refractivity contribution in [2.75, 3.05) is 31.1 Å². The molecule has 9 nitrogen and oxygen atoms in total. The van der Waals surface area contributed by atoms with Crippen LogP contribution in [-0.2, 0) is 18.4 Å². The molecule has 0 bridgehead atoms. The third kappa shape index (κ3) is 4.08. The number of nitrogens with zero attached hydrogens (tertiary/aromatic N) is 7. The smallest absolute Gasteiger partial charge is 0.410 e. The molecule has 31 heavy (non-hydrogen) atoms. The first kappa shape index (κ1) is 19.8. The van der Waals surface area contributed by atoms with Crippen LogP contribution in [0.3, 0.4) is 0 Å². The summed E-state index contributed by atoms with van der Waals surface area (Å²) in [7, 11) is 1.90. The van der Waals surface area contributed by atoms with Gasteiger partial charge < -0.3 is 14.5 Å². The van der Waals surface area contributed by atoms with Crippen LogP contribution in [0, 0.1) is 0 Å². The molecule has 4 aromatic heterocycles. The minimum Gasteiger partial charge on any atom is -0.442 e. The van der Waals surface area contributed by atoms with Gasteiger partial charge >= 0.3 is 6.09 Å². The van der Waals surface area contributed by atoms with Crippen LogP contribution >= 0.6 is 22.9 Å². The number of rotatable bonds is 4. The molecule has 0 aromatic carbocycles. The van der Waals surface area contributed by atoms with E-state index in [1.54, 1.807) is 15.8 Å². The molecule has 5 heterocycles. The number of hydrogen-bond donors (Lipinski definition) is 0. The van der Waals surface area contributed by atoms with E-state index in [-0.39, 0.29) is 12.7 Å². The number of amides is 1. The van der Waals surface area contributed by atoms with Gasteiger partial charge in [-0.2, -0.15) is 10.2 Å². The highest BCUT2D eigenvalue weighted by Crippen LogP contribution is 2.26. The first-order chi connectivity index (χ1) is 15.1. The molecule has 0 N–H and O–H groups in total. The van der Waals surface area contributed by atoms with Gasteiger partial charge in [0.05, 0.1) is 29.8 Å². The second kappa shape index (κ2) is 8.20. The Labute approximate surface area is 187 Å². The highest BCUT2D eigenvalue weighted by atomic mass is 35.5. The summed E-state index contributed by atoms with van der Waals surface area (Å²) in [6, 6.07) is 4.15. The molecule has 0 spiro atoms.